The van der Waals surface area contributed by atoms with E-state index in [-0.39, 0.29) is 6.10 Å². The van der Waals surface area contributed by atoms with Gasteiger partial charge >= 0.3 is 0 Å². The lowest BCUT2D eigenvalue weighted by Gasteiger charge is -2.26. The molecule has 1 heterocycles. The number of nitrogens with two attached hydrogens (primary N) is 1. The second kappa shape index (κ2) is 6.70. The average molecular weight is 264 g/mol. The number of nitrogens with zero attached hydrogens (tertiary/aromatic N) is 2. The molecule has 0 spiro atoms. The first kappa shape index (κ1) is 14.1. The molecule has 3 N–H and O–H groups in total. The monoisotopic (exact) mass is 264 g/mol. The predicted octanol–water partition coefficient (Wildman–Crippen LogP) is 2.19. The van der Waals surface area contributed by atoms with Crippen molar-refractivity contribution in [3.63, 3.8) is 0 Å². The molecule has 1 aliphatic rings. The molecule has 1 fully saturated rings. The zero-order valence-electron chi connectivity index (χ0n) is 11.8. The Morgan fingerprint density at radius 3 is 3.00 bits per heavy atom. The van der Waals surface area contributed by atoms with E-state index in [2.05, 4.69) is 15.3 Å². The van der Waals surface area contributed by atoms with E-state index in [0.717, 1.165) is 25.2 Å². The summed E-state index contributed by atoms with van der Waals surface area (Å²) in [6.45, 7) is 4.86. The summed E-state index contributed by atoms with van der Waals surface area (Å²) in [6.07, 6.45) is 8.22. The molecule has 1 aliphatic carbocycles. The first-order valence-corrected chi connectivity index (χ1v) is 7.11. The number of anilines is 1. The van der Waals surface area contributed by atoms with E-state index in [0.29, 0.717) is 17.8 Å². The molecule has 0 bridgehead atoms. The summed E-state index contributed by atoms with van der Waals surface area (Å²) in [6, 6.07) is 0.363. The molecule has 19 heavy (non-hydrogen) atoms. The number of hydrogen-bond acceptors (Lipinski definition) is 5. The van der Waals surface area contributed by atoms with Gasteiger partial charge in [0.25, 0.3) is 0 Å². The lowest BCUT2D eigenvalue weighted by Crippen LogP contribution is -2.31. The van der Waals surface area contributed by atoms with Crippen LogP contribution in [0.15, 0.2) is 12.4 Å². The standard InChI is InChI=1S/C14H24N4O/c1-10(2)19-14-9-16-8-13(18-14)17-7-11-4-3-5-12(15)6-11/h8-12H,3-7,15H2,1-2H3,(H,17,18). The molecule has 0 aromatic carbocycles. The maximum Gasteiger partial charge on any atom is 0.234 e. The van der Waals surface area contributed by atoms with E-state index in [1.165, 1.54) is 12.8 Å². The molecular weight excluding hydrogens is 240 g/mol. The van der Waals surface area contributed by atoms with Crippen LogP contribution in [0.25, 0.3) is 0 Å². The van der Waals surface area contributed by atoms with Crippen LogP contribution in [-0.2, 0) is 0 Å². The van der Waals surface area contributed by atoms with Gasteiger partial charge in [-0.15, -0.1) is 0 Å². The van der Waals surface area contributed by atoms with Gasteiger partial charge in [-0.05, 0) is 39.0 Å². The first-order valence-electron chi connectivity index (χ1n) is 7.11. The normalized spacial score (nSPS) is 23.4. The van der Waals surface area contributed by atoms with E-state index in [1.54, 1.807) is 12.4 Å². The predicted molar refractivity (Wildman–Crippen MR) is 76.2 cm³/mol. The van der Waals surface area contributed by atoms with Crippen molar-refractivity contribution >= 4 is 5.82 Å². The smallest absolute Gasteiger partial charge is 0.234 e. The van der Waals surface area contributed by atoms with Crippen LogP contribution < -0.4 is 15.8 Å². The quantitative estimate of drug-likeness (QED) is 0.853. The minimum Gasteiger partial charge on any atom is -0.474 e. The molecule has 1 saturated carbocycles. The Morgan fingerprint density at radius 1 is 1.42 bits per heavy atom. The van der Waals surface area contributed by atoms with E-state index in [4.69, 9.17) is 10.5 Å². The molecule has 2 atom stereocenters. The summed E-state index contributed by atoms with van der Waals surface area (Å²) in [5, 5.41) is 3.34. The molecule has 0 amide bonds. The Kier molecular flexibility index (Phi) is 4.96. The van der Waals surface area contributed by atoms with E-state index >= 15 is 0 Å². The van der Waals surface area contributed by atoms with Crippen LogP contribution in [0.4, 0.5) is 5.82 Å². The van der Waals surface area contributed by atoms with Crippen molar-refractivity contribution in [1.29, 1.82) is 0 Å². The molecule has 0 aliphatic heterocycles. The second-order valence-electron chi connectivity index (χ2n) is 5.58. The van der Waals surface area contributed by atoms with Gasteiger partial charge in [0.15, 0.2) is 0 Å². The van der Waals surface area contributed by atoms with Crippen LogP contribution >= 0.6 is 0 Å². The summed E-state index contributed by atoms with van der Waals surface area (Å²) in [4.78, 5) is 8.53. The van der Waals surface area contributed by atoms with Crippen LogP contribution in [0.3, 0.4) is 0 Å². The van der Waals surface area contributed by atoms with Crippen molar-refractivity contribution in [2.45, 2.75) is 51.7 Å². The van der Waals surface area contributed by atoms with Gasteiger partial charge in [-0.1, -0.05) is 6.42 Å². The number of nitrogens with one attached hydrogen (secondary N) is 1. The molecule has 5 heteroatoms. The molecule has 0 radical (unpaired) electrons. The van der Waals surface area contributed by atoms with Gasteiger partial charge in [-0.3, -0.25) is 4.98 Å². The van der Waals surface area contributed by atoms with Crippen molar-refractivity contribution in [1.82, 2.24) is 9.97 Å². The Labute approximate surface area is 115 Å². The number of ether oxygens (including phenoxy) is 1. The second-order valence-corrected chi connectivity index (χ2v) is 5.58. The highest BCUT2D eigenvalue weighted by molar-refractivity contribution is 5.33. The highest BCUT2D eigenvalue weighted by atomic mass is 16.5. The summed E-state index contributed by atoms with van der Waals surface area (Å²) in [7, 11) is 0. The largest absolute Gasteiger partial charge is 0.474 e. The number of aromatic nitrogens is 2. The van der Waals surface area contributed by atoms with Crippen molar-refractivity contribution in [3.8, 4) is 5.88 Å². The Bertz CT molecular complexity index is 397. The topological polar surface area (TPSA) is 73.1 Å². The van der Waals surface area contributed by atoms with Gasteiger partial charge in [0.2, 0.25) is 5.88 Å². The van der Waals surface area contributed by atoms with Gasteiger partial charge in [-0.25, -0.2) is 0 Å². The molecular formula is C14H24N4O. The minimum absolute atomic E-state index is 0.112. The van der Waals surface area contributed by atoms with Crippen LogP contribution in [0.5, 0.6) is 5.88 Å². The van der Waals surface area contributed by atoms with Gasteiger partial charge in [-0.2, -0.15) is 4.98 Å². The zero-order chi connectivity index (χ0) is 13.7. The van der Waals surface area contributed by atoms with Crippen LogP contribution in [0.1, 0.15) is 39.5 Å². The average Bonchev–Trinajstić information content (AvgIpc) is 2.36. The Morgan fingerprint density at radius 2 is 2.26 bits per heavy atom. The van der Waals surface area contributed by atoms with Crippen molar-refractivity contribution in [3.05, 3.63) is 12.4 Å². The van der Waals surface area contributed by atoms with Gasteiger partial charge in [0.05, 0.1) is 18.5 Å². The van der Waals surface area contributed by atoms with E-state index in [1.807, 2.05) is 13.8 Å². The van der Waals surface area contributed by atoms with Crippen molar-refractivity contribution < 1.29 is 4.74 Å². The van der Waals surface area contributed by atoms with Crippen molar-refractivity contribution in [2.24, 2.45) is 11.7 Å². The van der Waals surface area contributed by atoms with Gasteiger partial charge in [0.1, 0.15) is 5.82 Å². The molecule has 2 unspecified atom stereocenters. The third kappa shape index (κ3) is 4.67. The van der Waals surface area contributed by atoms with Gasteiger partial charge in [0, 0.05) is 12.6 Å². The fraction of sp³-hybridized carbons (Fsp3) is 0.714. The maximum absolute atomic E-state index is 6.00. The zero-order valence-corrected chi connectivity index (χ0v) is 11.8. The van der Waals surface area contributed by atoms with Gasteiger partial charge < -0.3 is 15.8 Å². The third-order valence-corrected chi connectivity index (χ3v) is 3.36. The third-order valence-electron chi connectivity index (χ3n) is 3.36. The molecule has 106 valence electrons. The van der Waals surface area contributed by atoms with E-state index < -0.39 is 0 Å². The number of hydrogen-bond donors (Lipinski definition) is 2. The van der Waals surface area contributed by atoms with Crippen molar-refractivity contribution in [2.75, 3.05) is 11.9 Å². The molecule has 2 rings (SSSR count). The first-order chi connectivity index (χ1) is 9.13. The molecule has 1 aromatic heterocycles. The van der Waals surface area contributed by atoms with E-state index in [9.17, 15) is 0 Å². The van der Waals surface area contributed by atoms with Crippen LogP contribution in [0.2, 0.25) is 0 Å². The Balaban J connectivity index is 1.85. The lowest BCUT2D eigenvalue weighted by molar-refractivity contribution is 0.232. The summed E-state index contributed by atoms with van der Waals surface area (Å²) < 4.78 is 5.53. The highest BCUT2D eigenvalue weighted by Crippen LogP contribution is 2.23. The molecule has 1 aromatic rings. The van der Waals surface area contributed by atoms with Crippen LogP contribution in [0, 0.1) is 5.92 Å². The minimum atomic E-state index is 0.112. The number of rotatable bonds is 5. The summed E-state index contributed by atoms with van der Waals surface area (Å²) in [5.74, 6) is 1.98. The fourth-order valence-electron chi connectivity index (χ4n) is 2.50. The SMILES string of the molecule is CC(C)Oc1cncc(NCC2CCCC(N)C2)n1. The Hall–Kier alpha value is -1.36. The summed E-state index contributed by atoms with van der Waals surface area (Å²) >= 11 is 0. The fourth-order valence-corrected chi connectivity index (χ4v) is 2.50. The maximum atomic E-state index is 6.00. The molecule has 0 saturated heterocycles. The highest BCUT2D eigenvalue weighted by Gasteiger charge is 2.19. The lowest BCUT2D eigenvalue weighted by atomic mass is 9.86. The molecule has 5 nitrogen and oxygen atoms in total. The van der Waals surface area contributed by atoms with Crippen LogP contribution in [-0.4, -0.2) is 28.7 Å². The summed E-state index contributed by atoms with van der Waals surface area (Å²) in [5.41, 5.74) is 6.00.